The van der Waals surface area contributed by atoms with Gasteiger partial charge in [-0.1, -0.05) is 66.2 Å². The Kier molecular flexibility index (Phi) is 12.5. The van der Waals surface area contributed by atoms with Crippen LogP contribution in [-0.2, 0) is 19.0 Å². The van der Waals surface area contributed by atoms with Gasteiger partial charge in [-0.05, 0) is 108 Å². The number of aliphatic hydroxyl groups excluding tert-OH is 1. The molecule has 5 rings (SSSR count). The van der Waals surface area contributed by atoms with Crippen LogP contribution in [0.1, 0.15) is 78.7 Å². The van der Waals surface area contributed by atoms with E-state index in [-0.39, 0.29) is 17.9 Å². The lowest BCUT2D eigenvalue weighted by Gasteiger charge is -2.43. The van der Waals surface area contributed by atoms with Gasteiger partial charge in [0.1, 0.15) is 5.60 Å². The largest absolute Gasteiger partial charge is 0.443 e. The number of rotatable bonds is 12. The minimum atomic E-state index is -1.15. The summed E-state index contributed by atoms with van der Waals surface area (Å²) in [5.41, 5.74) is 3.16. The number of halogens is 1. The summed E-state index contributed by atoms with van der Waals surface area (Å²) in [5, 5.41) is 11.6. The molecule has 2 aliphatic rings. The van der Waals surface area contributed by atoms with Crippen molar-refractivity contribution in [3.05, 3.63) is 83.4 Å². The van der Waals surface area contributed by atoms with Crippen LogP contribution in [0.4, 0.5) is 16.2 Å². The lowest BCUT2D eigenvalue weighted by Crippen LogP contribution is -2.53. The molecule has 0 aromatic heterocycles. The SMILES string of the molecule is COCCCN(C(=O)OC(C)(C)C)c1cc(N(C(=O)[C@H]2CN(C(O)OC(C)(C)C)CC[C@@H]2c2cccc(-c3ccccc3)c2)C2CC2)ccc1Cl. The summed E-state index contributed by atoms with van der Waals surface area (Å²) in [7, 11) is 1.62. The zero-order valence-electron chi connectivity index (χ0n) is 31.1. The molecular formula is C41H54ClN3O6. The Morgan fingerprint density at radius 3 is 2.27 bits per heavy atom. The summed E-state index contributed by atoms with van der Waals surface area (Å²) in [6.07, 6.45) is 1.30. The van der Waals surface area contributed by atoms with E-state index in [9.17, 15) is 9.90 Å². The summed E-state index contributed by atoms with van der Waals surface area (Å²) < 4.78 is 17.0. The molecule has 0 radical (unpaired) electrons. The monoisotopic (exact) mass is 719 g/mol. The topological polar surface area (TPSA) is 91.8 Å². The van der Waals surface area contributed by atoms with E-state index in [2.05, 4.69) is 36.4 Å². The Balaban J connectivity index is 1.52. The van der Waals surface area contributed by atoms with Crippen molar-refractivity contribution >= 4 is 35.0 Å². The molecule has 1 unspecified atom stereocenters. The molecule has 1 saturated heterocycles. The van der Waals surface area contributed by atoms with Gasteiger partial charge in [-0.15, -0.1) is 0 Å². The number of carbonyl (C=O) groups is 2. The molecule has 1 N–H and O–H groups in total. The zero-order chi connectivity index (χ0) is 36.9. The Hall–Kier alpha value is -3.47. The molecule has 3 aromatic rings. The Labute approximate surface area is 308 Å². The van der Waals surface area contributed by atoms with Crippen LogP contribution in [-0.4, -0.2) is 79.0 Å². The second kappa shape index (κ2) is 16.5. The molecule has 3 atom stereocenters. The number of carbonyl (C=O) groups excluding carboxylic acids is 2. The number of likely N-dealkylation sites (tertiary alicyclic amines) is 1. The summed E-state index contributed by atoms with van der Waals surface area (Å²) in [4.78, 5) is 33.9. The average Bonchev–Trinajstić information content (AvgIpc) is 3.91. The second-order valence-corrected chi connectivity index (χ2v) is 16.0. The predicted molar refractivity (Wildman–Crippen MR) is 203 cm³/mol. The minimum absolute atomic E-state index is 0.0115. The normalized spacial score (nSPS) is 19.0. The molecule has 2 fully saturated rings. The van der Waals surface area contributed by atoms with Gasteiger partial charge in [-0.25, -0.2) is 4.79 Å². The molecule has 1 aliphatic heterocycles. The third-order valence-electron chi connectivity index (χ3n) is 9.15. The fraction of sp³-hybridized carbons (Fsp3) is 0.512. The average molecular weight is 720 g/mol. The summed E-state index contributed by atoms with van der Waals surface area (Å²) >= 11 is 6.79. The third-order valence-corrected chi connectivity index (χ3v) is 9.47. The zero-order valence-corrected chi connectivity index (χ0v) is 31.9. The molecular weight excluding hydrogens is 666 g/mol. The highest BCUT2D eigenvalue weighted by atomic mass is 35.5. The maximum absolute atomic E-state index is 15.1. The lowest BCUT2D eigenvalue weighted by atomic mass is 9.78. The number of benzene rings is 3. The summed E-state index contributed by atoms with van der Waals surface area (Å²) in [6, 6.07) is 24.1. The second-order valence-electron chi connectivity index (χ2n) is 15.6. The van der Waals surface area contributed by atoms with Crippen LogP contribution in [0, 0.1) is 5.92 Å². The fourth-order valence-electron chi connectivity index (χ4n) is 6.68. The first kappa shape index (κ1) is 38.8. The molecule has 2 amide bonds. The van der Waals surface area contributed by atoms with Crippen molar-refractivity contribution in [2.24, 2.45) is 5.92 Å². The molecule has 51 heavy (non-hydrogen) atoms. The van der Waals surface area contributed by atoms with Gasteiger partial charge in [0.05, 0.1) is 22.2 Å². The van der Waals surface area contributed by atoms with E-state index >= 15 is 4.79 Å². The van der Waals surface area contributed by atoms with Crippen LogP contribution in [0.2, 0.25) is 5.02 Å². The van der Waals surface area contributed by atoms with Crippen LogP contribution in [0.5, 0.6) is 0 Å². The smallest absolute Gasteiger partial charge is 0.414 e. The lowest BCUT2D eigenvalue weighted by molar-refractivity contribution is -0.245. The first-order chi connectivity index (χ1) is 24.1. The number of amides is 2. The van der Waals surface area contributed by atoms with Gasteiger partial charge in [0.25, 0.3) is 0 Å². The van der Waals surface area contributed by atoms with Gasteiger partial charge < -0.3 is 24.2 Å². The highest BCUT2D eigenvalue weighted by Gasteiger charge is 2.44. The molecule has 0 spiro atoms. The van der Waals surface area contributed by atoms with Crippen LogP contribution in [0.15, 0.2) is 72.8 Å². The number of nitrogens with zero attached hydrogens (tertiary/aromatic N) is 3. The van der Waals surface area contributed by atoms with E-state index < -0.39 is 29.6 Å². The van der Waals surface area contributed by atoms with Crippen molar-refractivity contribution in [3.8, 4) is 11.1 Å². The first-order valence-corrected chi connectivity index (χ1v) is 18.4. The highest BCUT2D eigenvalue weighted by Crippen LogP contribution is 2.42. The van der Waals surface area contributed by atoms with Gasteiger partial charge in [0.15, 0.2) is 0 Å². The van der Waals surface area contributed by atoms with Crippen LogP contribution >= 0.6 is 11.6 Å². The number of ether oxygens (including phenoxy) is 3. The van der Waals surface area contributed by atoms with E-state index in [0.29, 0.717) is 55.5 Å². The number of anilines is 2. The van der Waals surface area contributed by atoms with Gasteiger partial charge in [-0.3, -0.25) is 14.6 Å². The maximum atomic E-state index is 15.1. The molecule has 276 valence electrons. The van der Waals surface area contributed by atoms with Gasteiger partial charge in [-0.2, -0.15) is 0 Å². The van der Waals surface area contributed by atoms with E-state index in [0.717, 1.165) is 29.5 Å². The number of aliphatic hydroxyl groups is 1. The van der Waals surface area contributed by atoms with Gasteiger partial charge in [0.2, 0.25) is 12.3 Å². The Bertz CT molecular complexity index is 1630. The van der Waals surface area contributed by atoms with E-state index in [1.807, 2.05) is 81.7 Å². The summed E-state index contributed by atoms with van der Waals surface area (Å²) in [5.74, 6) is -0.609. The third kappa shape index (κ3) is 10.3. The number of piperidine rings is 1. The van der Waals surface area contributed by atoms with Crippen LogP contribution < -0.4 is 9.80 Å². The molecule has 0 bridgehead atoms. The maximum Gasteiger partial charge on any atom is 0.414 e. The van der Waals surface area contributed by atoms with Crippen molar-refractivity contribution in [1.82, 2.24) is 4.90 Å². The van der Waals surface area contributed by atoms with Crippen LogP contribution in [0.3, 0.4) is 0 Å². The molecule has 9 nitrogen and oxygen atoms in total. The number of methoxy groups -OCH3 is 1. The van der Waals surface area contributed by atoms with Crippen molar-refractivity contribution in [3.63, 3.8) is 0 Å². The van der Waals surface area contributed by atoms with Crippen molar-refractivity contribution < 1.29 is 28.9 Å². The predicted octanol–water partition coefficient (Wildman–Crippen LogP) is 8.48. The fourth-order valence-corrected chi connectivity index (χ4v) is 6.90. The quantitative estimate of drug-likeness (QED) is 0.148. The first-order valence-electron chi connectivity index (χ1n) is 18.0. The van der Waals surface area contributed by atoms with E-state index in [1.54, 1.807) is 13.2 Å². The van der Waals surface area contributed by atoms with Crippen molar-refractivity contribution in [1.29, 1.82) is 0 Å². The van der Waals surface area contributed by atoms with E-state index in [4.69, 9.17) is 25.8 Å². The van der Waals surface area contributed by atoms with Gasteiger partial charge in [0, 0.05) is 45.1 Å². The van der Waals surface area contributed by atoms with Crippen molar-refractivity contribution in [2.75, 3.05) is 43.2 Å². The number of hydrogen-bond acceptors (Lipinski definition) is 7. The molecule has 10 heteroatoms. The minimum Gasteiger partial charge on any atom is -0.443 e. The highest BCUT2D eigenvalue weighted by molar-refractivity contribution is 6.34. The Morgan fingerprint density at radius 1 is 0.922 bits per heavy atom. The van der Waals surface area contributed by atoms with E-state index in [1.165, 1.54) is 4.90 Å². The summed E-state index contributed by atoms with van der Waals surface area (Å²) in [6.45, 7) is 12.9. The molecule has 3 aromatic carbocycles. The molecule has 1 saturated carbocycles. The van der Waals surface area contributed by atoms with Gasteiger partial charge >= 0.3 is 6.09 Å². The van der Waals surface area contributed by atoms with Crippen LogP contribution in [0.25, 0.3) is 11.1 Å². The Morgan fingerprint density at radius 2 is 1.63 bits per heavy atom. The van der Waals surface area contributed by atoms with Crippen molar-refractivity contribution in [2.45, 2.75) is 96.8 Å². The molecule has 1 heterocycles. The standard InChI is InChI=1S/C41H54ClN3O6/c1-40(2,3)50-38(47)43-23-21-33(30-16-11-15-29(25-30)28-13-9-8-10-14-28)34(27-43)37(46)45(31-17-18-31)32-19-20-35(42)36(26-32)44(22-12-24-49-7)39(48)51-41(4,5)6/h8-11,13-16,19-20,25-26,31,33-34,38,47H,12,17-18,21-24,27H2,1-7H3/t33-,34+,38?/m1/s1. The number of hydrogen-bond donors (Lipinski definition) is 1. The molecule has 1 aliphatic carbocycles.